The summed E-state index contributed by atoms with van der Waals surface area (Å²) >= 11 is 1.37. The third-order valence-corrected chi connectivity index (χ3v) is 5.07. The molecule has 0 saturated heterocycles. The van der Waals surface area contributed by atoms with E-state index in [1.807, 2.05) is 42.5 Å². The lowest BCUT2D eigenvalue weighted by Gasteiger charge is -2.12. The van der Waals surface area contributed by atoms with Gasteiger partial charge in [-0.2, -0.15) is 0 Å². The molecule has 0 unspecified atom stereocenters. The molecule has 0 bridgehead atoms. The van der Waals surface area contributed by atoms with Crippen LogP contribution in [0.5, 0.6) is 11.5 Å². The highest BCUT2D eigenvalue weighted by molar-refractivity contribution is 8.04. The van der Waals surface area contributed by atoms with E-state index in [1.54, 1.807) is 14.2 Å². The minimum Gasteiger partial charge on any atom is -0.493 e. The van der Waals surface area contributed by atoms with Crippen molar-refractivity contribution in [1.82, 2.24) is 5.32 Å². The van der Waals surface area contributed by atoms with E-state index in [1.165, 1.54) is 18.9 Å². The molecule has 0 atom stereocenters. The number of ether oxygens (including phenoxy) is 3. The lowest BCUT2D eigenvalue weighted by Crippen LogP contribution is -2.15. The Balaban J connectivity index is 2.10. The van der Waals surface area contributed by atoms with Crippen LogP contribution in [0.25, 0.3) is 5.70 Å². The predicted octanol–water partition coefficient (Wildman–Crippen LogP) is 3.44. The summed E-state index contributed by atoms with van der Waals surface area (Å²) < 4.78 is 15.8. The second kappa shape index (κ2) is 7.53. The first kappa shape index (κ1) is 17.2. The largest absolute Gasteiger partial charge is 0.493 e. The first-order chi connectivity index (χ1) is 12.2. The van der Waals surface area contributed by atoms with Crippen molar-refractivity contribution in [2.45, 2.75) is 11.4 Å². The average molecular weight is 357 g/mol. The molecule has 0 spiro atoms. The second-order valence-corrected chi connectivity index (χ2v) is 6.38. The van der Waals surface area contributed by atoms with Gasteiger partial charge in [-0.05, 0) is 23.3 Å². The van der Waals surface area contributed by atoms with Gasteiger partial charge >= 0.3 is 5.97 Å². The number of rotatable bonds is 4. The Bertz CT molecular complexity index is 818. The Kier molecular flexibility index (Phi) is 5.19. The molecule has 2 aromatic carbocycles. The molecule has 1 aliphatic rings. The standard InChI is InChI=1S/C19H19NO4S/c1-22-14-9-13-11-20-17(12-7-5-4-6-8-12)18(19(21)24-3)25-16(13)10-15(14)23-2/h4-10,20H,11H2,1-3H3. The Morgan fingerprint density at radius 2 is 1.72 bits per heavy atom. The van der Waals surface area contributed by atoms with E-state index in [2.05, 4.69) is 5.32 Å². The minimum atomic E-state index is -0.376. The second-order valence-electron chi connectivity index (χ2n) is 5.33. The van der Waals surface area contributed by atoms with Crippen molar-refractivity contribution < 1.29 is 19.0 Å². The molecule has 0 radical (unpaired) electrons. The van der Waals surface area contributed by atoms with Crippen LogP contribution in [0, 0.1) is 0 Å². The first-order valence-corrected chi connectivity index (χ1v) is 8.54. The van der Waals surface area contributed by atoms with Gasteiger partial charge in [0.05, 0.1) is 27.0 Å². The van der Waals surface area contributed by atoms with Gasteiger partial charge in [0, 0.05) is 11.4 Å². The van der Waals surface area contributed by atoms with Gasteiger partial charge in [0.25, 0.3) is 0 Å². The van der Waals surface area contributed by atoms with Crippen LogP contribution in [0.15, 0.2) is 52.3 Å². The third-order valence-electron chi connectivity index (χ3n) is 3.89. The smallest absolute Gasteiger partial charge is 0.346 e. The van der Waals surface area contributed by atoms with E-state index >= 15 is 0 Å². The molecule has 0 amide bonds. The third kappa shape index (κ3) is 3.44. The highest BCUT2D eigenvalue weighted by Gasteiger charge is 2.25. The van der Waals surface area contributed by atoms with Crippen molar-refractivity contribution >= 4 is 23.4 Å². The van der Waals surface area contributed by atoms with Gasteiger partial charge in [-0.15, -0.1) is 0 Å². The van der Waals surface area contributed by atoms with Gasteiger partial charge in [-0.1, -0.05) is 42.1 Å². The van der Waals surface area contributed by atoms with Crippen molar-refractivity contribution in [2.75, 3.05) is 21.3 Å². The molecule has 1 aliphatic heterocycles. The van der Waals surface area contributed by atoms with Crippen molar-refractivity contribution in [1.29, 1.82) is 0 Å². The van der Waals surface area contributed by atoms with Gasteiger partial charge in [0.1, 0.15) is 4.91 Å². The summed E-state index contributed by atoms with van der Waals surface area (Å²) in [4.78, 5) is 13.8. The van der Waals surface area contributed by atoms with Crippen molar-refractivity contribution in [3.8, 4) is 11.5 Å². The summed E-state index contributed by atoms with van der Waals surface area (Å²) in [5, 5.41) is 3.37. The Hall–Kier alpha value is -2.60. The maximum Gasteiger partial charge on any atom is 0.346 e. The number of benzene rings is 2. The summed E-state index contributed by atoms with van der Waals surface area (Å²) in [7, 11) is 4.59. The Morgan fingerprint density at radius 1 is 1.04 bits per heavy atom. The fraction of sp³-hybridized carbons (Fsp3) is 0.211. The monoisotopic (exact) mass is 357 g/mol. The summed E-state index contributed by atoms with van der Waals surface area (Å²) in [6.07, 6.45) is 0. The van der Waals surface area contributed by atoms with Crippen LogP contribution in [0.3, 0.4) is 0 Å². The van der Waals surface area contributed by atoms with Crippen molar-refractivity contribution in [3.05, 3.63) is 58.5 Å². The number of hydrogen-bond acceptors (Lipinski definition) is 6. The lowest BCUT2D eigenvalue weighted by atomic mass is 10.1. The molecule has 25 heavy (non-hydrogen) atoms. The van der Waals surface area contributed by atoms with E-state index in [9.17, 15) is 4.79 Å². The van der Waals surface area contributed by atoms with Gasteiger partial charge in [0.2, 0.25) is 0 Å². The topological polar surface area (TPSA) is 56.8 Å². The van der Waals surface area contributed by atoms with Crippen LogP contribution in [0.1, 0.15) is 11.1 Å². The highest BCUT2D eigenvalue weighted by atomic mass is 32.2. The molecular formula is C19H19NO4S. The fourth-order valence-electron chi connectivity index (χ4n) is 2.63. The average Bonchev–Trinajstić information content (AvgIpc) is 2.86. The van der Waals surface area contributed by atoms with Gasteiger partial charge in [0.15, 0.2) is 11.5 Å². The number of methoxy groups -OCH3 is 3. The zero-order chi connectivity index (χ0) is 17.8. The van der Waals surface area contributed by atoms with Crippen LogP contribution in [0.4, 0.5) is 0 Å². The molecule has 0 fully saturated rings. The number of fused-ring (bicyclic) bond motifs is 1. The van der Waals surface area contributed by atoms with Gasteiger partial charge in [-0.25, -0.2) is 4.79 Å². The van der Waals surface area contributed by atoms with Crippen LogP contribution in [-0.4, -0.2) is 27.3 Å². The minimum absolute atomic E-state index is 0.376. The number of esters is 1. The van der Waals surface area contributed by atoms with E-state index < -0.39 is 0 Å². The molecule has 5 nitrogen and oxygen atoms in total. The van der Waals surface area contributed by atoms with Crippen LogP contribution in [0.2, 0.25) is 0 Å². The van der Waals surface area contributed by atoms with Gasteiger partial charge < -0.3 is 19.5 Å². The molecule has 6 heteroatoms. The zero-order valence-electron chi connectivity index (χ0n) is 14.3. The molecule has 1 N–H and O–H groups in total. The van der Waals surface area contributed by atoms with E-state index in [0.29, 0.717) is 22.9 Å². The van der Waals surface area contributed by atoms with E-state index in [-0.39, 0.29) is 5.97 Å². The summed E-state index contributed by atoms with van der Waals surface area (Å²) in [6, 6.07) is 13.6. The Morgan fingerprint density at radius 3 is 2.36 bits per heavy atom. The van der Waals surface area contributed by atoms with Crippen molar-refractivity contribution in [2.24, 2.45) is 0 Å². The van der Waals surface area contributed by atoms with Crippen LogP contribution in [-0.2, 0) is 16.1 Å². The molecule has 130 valence electrons. The van der Waals surface area contributed by atoms with E-state index in [0.717, 1.165) is 21.7 Å². The van der Waals surface area contributed by atoms with Crippen LogP contribution < -0.4 is 14.8 Å². The van der Waals surface area contributed by atoms with Crippen molar-refractivity contribution in [3.63, 3.8) is 0 Å². The number of hydrogen-bond donors (Lipinski definition) is 1. The summed E-state index contributed by atoms with van der Waals surface area (Å²) in [5.41, 5.74) is 2.71. The first-order valence-electron chi connectivity index (χ1n) is 7.72. The maximum absolute atomic E-state index is 12.4. The number of thioether (sulfide) groups is 1. The fourth-order valence-corrected chi connectivity index (χ4v) is 3.74. The molecule has 0 saturated carbocycles. The molecule has 0 aromatic heterocycles. The quantitative estimate of drug-likeness (QED) is 0.846. The molecular weight excluding hydrogens is 338 g/mol. The summed E-state index contributed by atoms with van der Waals surface area (Å²) in [6.45, 7) is 0.563. The normalized spacial score (nSPS) is 13.4. The molecule has 3 rings (SSSR count). The maximum atomic E-state index is 12.4. The predicted molar refractivity (Wildman–Crippen MR) is 97.6 cm³/mol. The zero-order valence-corrected chi connectivity index (χ0v) is 15.1. The molecule has 1 heterocycles. The molecule has 2 aromatic rings. The SMILES string of the molecule is COC(=O)C1=C(c2ccccc2)NCc2cc(OC)c(OC)cc2S1. The summed E-state index contributed by atoms with van der Waals surface area (Å²) in [5.74, 6) is 0.909. The highest BCUT2D eigenvalue weighted by Crippen LogP contribution is 2.42. The Labute approximate surface area is 151 Å². The van der Waals surface area contributed by atoms with Crippen LogP contribution >= 0.6 is 11.8 Å². The lowest BCUT2D eigenvalue weighted by molar-refractivity contribution is -0.135. The number of carbonyl (C=O) groups is 1. The van der Waals surface area contributed by atoms with Gasteiger partial charge in [-0.3, -0.25) is 0 Å². The number of carbonyl (C=O) groups excluding carboxylic acids is 1. The number of nitrogens with one attached hydrogen (secondary N) is 1. The van der Waals surface area contributed by atoms with E-state index in [4.69, 9.17) is 14.2 Å². The molecule has 0 aliphatic carbocycles.